The van der Waals surface area contributed by atoms with Crippen LogP contribution < -0.4 is 15.4 Å². The van der Waals surface area contributed by atoms with Crippen LogP contribution in [-0.2, 0) is 17.7 Å². The van der Waals surface area contributed by atoms with Gasteiger partial charge in [0.25, 0.3) is 0 Å². The van der Waals surface area contributed by atoms with Gasteiger partial charge in [-0.05, 0) is 42.8 Å². The number of benzene rings is 1. The van der Waals surface area contributed by atoms with E-state index in [1.54, 1.807) is 0 Å². The van der Waals surface area contributed by atoms with Gasteiger partial charge in [0.05, 0.1) is 18.9 Å². The van der Waals surface area contributed by atoms with Crippen LogP contribution >= 0.6 is 0 Å². The zero-order valence-corrected chi connectivity index (χ0v) is 14.9. The van der Waals surface area contributed by atoms with Gasteiger partial charge in [-0.3, -0.25) is 4.90 Å². The fourth-order valence-corrected chi connectivity index (χ4v) is 3.18. The van der Waals surface area contributed by atoms with Gasteiger partial charge < -0.3 is 20.1 Å². The Hall–Kier alpha value is -2.22. The molecule has 138 valence electrons. The highest BCUT2D eigenvalue weighted by Crippen LogP contribution is 2.19. The van der Waals surface area contributed by atoms with Crippen molar-refractivity contribution in [3.05, 3.63) is 41.7 Å². The third-order valence-corrected chi connectivity index (χ3v) is 4.71. The molecular weight excluding hydrogens is 330 g/mol. The first-order chi connectivity index (χ1) is 12.9. The Morgan fingerprint density at radius 2 is 2.04 bits per heavy atom. The van der Waals surface area contributed by atoms with Crippen LogP contribution in [0.3, 0.4) is 0 Å². The topological polar surface area (TPSA) is 71.5 Å². The fraction of sp³-hybridized carbons (Fsp3) is 0.474. The highest BCUT2D eigenvalue weighted by Gasteiger charge is 2.12. The van der Waals surface area contributed by atoms with E-state index in [2.05, 4.69) is 25.5 Å². The molecule has 7 nitrogen and oxygen atoms in total. The summed E-state index contributed by atoms with van der Waals surface area (Å²) in [6.07, 6.45) is 2.92. The molecule has 0 unspecified atom stereocenters. The summed E-state index contributed by atoms with van der Waals surface area (Å²) in [5.41, 5.74) is 3.27. The molecule has 0 spiro atoms. The molecule has 2 aromatic rings. The Balaban J connectivity index is 1.28. The Labute approximate surface area is 153 Å². The van der Waals surface area contributed by atoms with Crippen molar-refractivity contribution < 1.29 is 9.47 Å². The van der Waals surface area contributed by atoms with Crippen LogP contribution in [0.4, 0.5) is 11.6 Å². The Morgan fingerprint density at radius 3 is 2.88 bits per heavy atom. The molecule has 0 saturated carbocycles. The predicted octanol–water partition coefficient (Wildman–Crippen LogP) is 1.58. The van der Waals surface area contributed by atoms with E-state index in [0.717, 1.165) is 69.5 Å². The molecule has 2 N–H and O–H groups in total. The molecule has 2 aliphatic heterocycles. The lowest BCUT2D eigenvalue weighted by Crippen LogP contribution is -2.38. The van der Waals surface area contributed by atoms with Gasteiger partial charge in [0, 0.05) is 38.1 Å². The van der Waals surface area contributed by atoms with Crippen LogP contribution in [0.25, 0.3) is 0 Å². The quantitative estimate of drug-likeness (QED) is 0.815. The number of rotatable bonds is 6. The summed E-state index contributed by atoms with van der Waals surface area (Å²) in [6.45, 7) is 7.04. The Kier molecular flexibility index (Phi) is 5.59. The third-order valence-electron chi connectivity index (χ3n) is 4.71. The van der Waals surface area contributed by atoms with Crippen LogP contribution in [0, 0.1) is 0 Å². The number of anilines is 2. The van der Waals surface area contributed by atoms with Crippen molar-refractivity contribution in [2.75, 3.05) is 51.3 Å². The van der Waals surface area contributed by atoms with Gasteiger partial charge in [-0.15, -0.1) is 0 Å². The lowest BCUT2D eigenvalue weighted by Gasteiger charge is -2.26. The van der Waals surface area contributed by atoms with Crippen LogP contribution in [0.2, 0.25) is 0 Å². The van der Waals surface area contributed by atoms with E-state index in [9.17, 15) is 0 Å². The fourth-order valence-electron chi connectivity index (χ4n) is 3.18. The molecule has 1 fully saturated rings. The molecule has 1 saturated heterocycles. The van der Waals surface area contributed by atoms with Crippen molar-refractivity contribution >= 4 is 11.6 Å². The molecule has 1 aromatic carbocycles. The van der Waals surface area contributed by atoms with E-state index in [1.807, 2.05) is 30.5 Å². The Morgan fingerprint density at radius 1 is 1.19 bits per heavy atom. The first kappa shape index (κ1) is 17.2. The number of fused-ring (bicyclic) bond motifs is 1. The van der Waals surface area contributed by atoms with E-state index in [-0.39, 0.29) is 0 Å². The van der Waals surface area contributed by atoms with Gasteiger partial charge in [0.15, 0.2) is 0 Å². The van der Waals surface area contributed by atoms with Crippen molar-refractivity contribution in [1.29, 1.82) is 0 Å². The zero-order valence-electron chi connectivity index (χ0n) is 14.9. The molecule has 0 atom stereocenters. The maximum absolute atomic E-state index is 5.84. The monoisotopic (exact) mass is 355 g/mol. The normalized spacial score (nSPS) is 17.5. The molecule has 0 aliphatic carbocycles. The number of ether oxygens (including phenoxy) is 2. The summed E-state index contributed by atoms with van der Waals surface area (Å²) < 4.78 is 11.2. The lowest BCUT2D eigenvalue weighted by molar-refractivity contribution is 0.0322. The SMILES string of the molecule is c1cc(OCCN2CCOCC2)ccc1Nc1ncc2c(n1)CNCC2. The summed E-state index contributed by atoms with van der Waals surface area (Å²) >= 11 is 0. The summed E-state index contributed by atoms with van der Waals surface area (Å²) in [6, 6.07) is 7.93. The van der Waals surface area contributed by atoms with E-state index in [4.69, 9.17) is 9.47 Å². The number of hydrogen-bond donors (Lipinski definition) is 2. The van der Waals surface area contributed by atoms with Crippen molar-refractivity contribution in [3.63, 3.8) is 0 Å². The first-order valence-electron chi connectivity index (χ1n) is 9.22. The number of hydrogen-bond acceptors (Lipinski definition) is 7. The second kappa shape index (κ2) is 8.44. The molecule has 3 heterocycles. The molecule has 7 heteroatoms. The van der Waals surface area contributed by atoms with Crippen LogP contribution in [0.5, 0.6) is 5.75 Å². The number of nitrogens with one attached hydrogen (secondary N) is 2. The smallest absolute Gasteiger partial charge is 0.227 e. The molecule has 26 heavy (non-hydrogen) atoms. The minimum absolute atomic E-state index is 0.633. The van der Waals surface area contributed by atoms with Crippen LogP contribution in [0.1, 0.15) is 11.3 Å². The van der Waals surface area contributed by atoms with Crippen LogP contribution in [0.15, 0.2) is 30.5 Å². The highest BCUT2D eigenvalue weighted by atomic mass is 16.5. The number of nitrogens with zero attached hydrogens (tertiary/aromatic N) is 3. The van der Waals surface area contributed by atoms with Crippen LogP contribution in [-0.4, -0.2) is 60.9 Å². The van der Waals surface area contributed by atoms with Gasteiger partial charge >= 0.3 is 0 Å². The van der Waals surface area contributed by atoms with E-state index in [0.29, 0.717) is 12.6 Å². The summed E-state index contributed by atoms with van der Waals surface area (Å²) in [4.78, 5) is 11.4. The summed E-state index contributed by atoms with van der Waals surface area (Å²) in [5.74, 6) is 1.51. The third kappa shape index (κ3) is 4.49. The minimum Gasteiger partial charge on any atom is -0.492 e. The average molecular weight is 355 g/mol. The summed E-state index contributed by atoms with van der Waals surface area (Å²) in [7, 11) is 0. The average Bonchev–Trinajstić information content (AvgIpc) is 2.70. The first-order valence-corrected chi connectivity index (χ1v) is 9.22. The van der Waals surface area contributed by atoms with Gasteiger partial charge in [-0.25, -0.2) is 9.97 Å². The molecule has 0 amide bonds. The van der Waals surface area contributed by atoms with E-state index >= 15 is 0 Å². The second-order valence-electron chi connectivity index (χ2n) is 6.54. The molecular formula is C19H25N5O2. The molecule has 0 radical (unpaired) electrons. The zero-order chi connectivity index (χ0) is 17.6. The minimum atomic E-state index is 0.633. The number of aromatic nitrogens is 2. The molecule has 2 aliphatic rings. The largest absolute Gasteiger partial charge is 0.492 e. The van der Waals surface area contributed by atoms with Gasteiger partial charge in [-0.2, -0.15) is 0 Å². The maximum Gasteiger partial charge on any atom is 0.227 e. The van der Waals surface area contributed by atoms with E-state index < -0.39 is 0 Å². The number of morpholine rings is 1. The molecule has 0 bridgehead atoms. The molecule has 4 rings (SSSR count). The lowest BCUT2D eigenvalue weighted by atomic mass is 10.1. The van der Waals surface area contributed by atoms with Crippen molar-refractivity contribution in [2.24, 2.45) is 0 Å². The maximum atomic E-state index is 5.84. The van der Waals surface area contributed by atoms with Crippen molar-refractivity contribution in [2.45, 2.75) is 13.0 Å². The van der Waals surface area contributed by atoms with Crippen molar-refractivity contribution in [3.8, 4) is 5.75 Å². The van der Waals surface area contributed by atoms with Gasteiger partial charge in [0.1, 0.15) is 12.4 Å². The highest BCUT2D eigenvalue weighted by molar-refractivity contribution is 5.54. The van der Waals surface area contributed by atoms with Crippen molar-refractivity contribution in [1.82, 2.24) is 20.2 Å². The standard InChI is InChI=1S/C19H25N5O2/c1-3-17(26-12-9-24-7-10-25-11-8-24)4-2-16(1)22-19-21-13-15-5-6-20-14-18(15)23-19/h1-4,13,20H,5-12,14H2,(H,21,22,23). The predicted molar refractivity (Wildman–Crippen MR) is 99.9 cm³/mol. The molecule has 1 aromatic heterocycles. The van der Waals surface area contributed by atoms with E-state index in [1.165, 1.54) is 5.56 Å². The summed E-state index contributed by atoms with van der Waals surface area (Å²) in [5, 5.41) is 6.60. The van der Waals surface area contributed by atoms with Gasteiger partial charge in [0.2, 0.25) is 5.95 Å². The second-order valence-corrected chi connectivity index (χ2v) is 6.54. The van der Waals surface area contributed by atoms with Gasteiger partial charge in [-0.1, -0.05) is 0 Å². The Bertz CT molecular complexity index is 716.